The maximum absolute atomic E-state index is 10.4. The minimum Gasteiger partial charge on any atom is -0.433 e. The molecule has 0 saturated carbocycles. The highest BCUT2D eigenvalue weighted by Crippen LogP contribution is 2.15. The van der Waals surface area contributed by atoms with E-state index in [0.29, 0.717) is 6.19 Å². The van der Waals surface area contributed by atoms with E-state index in [1.54, 1.807) is 6.07 Å². The first-order valence-corrected chi connectivity index (χ1v) is 4.65. The van der Waals surface area contributed by atoms with Crippen LogP contribution in [0.3, 0.4) is 0 Å². The molecule has 1 N–H and O–H groups in total. The Bertz CT molecular complexity index is 437. The molecule has 0 aromatic carbocycles. The zero-order valence-electron chi connectivity index (χ0n) is 8.33. The second-order valence-electron chi connectivity index (χ2n) is 2.80. The van der Waals surface area contributed by atoms with Crippen molar-refractivity contribution in [3.63, 3.8) is 0 Å². The predicted octanol–water partition coefficient (Wildman–Crippen LogP) is -0.272. The summed E-state index contributed by atoms with van der Waals surface area (Å²) in [4.78, 5) is 17.9. The molecule has 1 aromatic rings. The maximum atomic E-state index is 10.4. The van der Waals surface area contributed by atoms with E-state index < -0.39 is 7.05 Å². The van der Waals surface area contributed by atoms with Gasteiger partial charge in [0.1, 0.15) is 18.1 Å². The van der Waals surface area contributed by atoms with E-state index in [0.717, 1.165) is 7.41 Å². The minimum atomic E-state index is -0.955. The summed E-state index contributed by atoms with van der Waals surface area (Å²) < 4.78 is 1.17. The maximum Gasteiger partial charge on any atom is 0.397 e. The Hall–Kier alpha value is -1.58. The lowest BCUT2D eigenvalue weighted by Crippen LogP contribution is -2.41. The van der Waals surface area contributed by atoms with Crippen LogP contribution in [0.15, 0.2) is 6.20 Å². The van der Waals surface area contributed by atoms with Crippen molar-refractivity contribution in [2.75, 3.05) is 4.72 Å². The van der Waals surface area contributed by atoms with Gasteiger partial charge in [-0.25, -0.2) is 9.97 Å². The molecule has 9 heteroatoms. The second-order valence-corrected chi connectivity index (χ2v) is 3.16. The van der Waals surface area contributed by atoms with Crippen LogP contribution in [0.2, 0.25) is 12.0 Å². The molecule has 0 spiro atoms. The van der Waals surface area contributed by atoms with E-state index in [2.05, 4.69) is 9.97 Å². The van der Waals surface area contributed by atoms with Gasteiger partial charge in [-0.3, -0.25) is 0 Å². The number of rotatable bonds is 4. The lowest BCUT2D eigenvalue weighted by molar-refractivity contribution is 0.566. The minimum absolute atomic E-state index is 0.0120. The van der Waals surface area contributed by atoms with Crippen LogP contribution >= 0.6 is 11.6 Å². The molecule has 0 aliphatic heterocycles. The number of halogens is 1. The molecule has 79 valence electrons. The van der Waals surface area contributed by atoms with Crippen molar-refractivity contribution in [2.24, 2.45) is 0 Å². The fourth-order valence-electron chi connectivity index (χ4n) is 1.02. The molecule has 6 nitrogen and oxygen atoms in total. The molecule has 1 aromatic heterocycles. The largest absolute Gasteiger partial charge is 0.433 e. The highest BCUT2D eigenvalue weighted by atomic mass is 35.5. The summed E-state index contributed by atoms with van der Waals surface area (Å²) in [5.41, 5.74) is -0.0120. The molecule has 0 atom stereocenters. The number of nitriles is 1. The van der Waals surface area contributed by atoms with Gasteiger partial charge < -0.3 is 14.5 Å². The van der Waals surface area contributed by atoms with Gasteiger partial charge in [-0.15, -0.1) is 0 Å². The number of nitrogens with zero attached hydrogens (tertiary/aromatic N) is 4. The first-order chi connectivity index (χ1) is 7.60. The third-order valence-electron chi connectivity index (χ3n) is 1.71. The van der Waals surface area contributed by atoms with Crippen LogP contribution in [-0.4, -0.2) is 35.6 Å². The topological polar surface area (TPSA) is 90.1 Å². The zero-order valence-corrected chi connectivity index (χ0v) is 9.09. The molecule has 0 aliphatic rings. The summed E-state index contributed by atoms with van der Waals surface area (Å²) in [6.07, 6.45) is 1.75. The van der Waals surface area contributed by atoms with Crippen LogP contribution in [0.25, 0.3) is 0 Å². The van der Waals surface area contributed by atoms with Crippen LogP contribution < -0.4 is 4.72 Å². The fraction of sp³-hybridized carbons (Fsp3) is 0.143. The van der Waals surface area contributed by atoms with Gasteiger partial charge in [0.05, 0.1) is 6.20 Å². The van der Waals surface area contributed by atoms with Crippen molar-refractivity contribution >= 4 is 38.1 Å². The number of aromatic nitrogens is 2. The molecule has 1 rings (SSSR count). The van der Waals surface area contributed by atoms with E-state index >= 15 is 0 Å². The van der Waals surface area contributed by atoms with E-state index in [1.807, 2.05) is 0 Å². The molecule has 16 heavy (non-hydrogen) atoms. The normalized spacial score (nSPS) is 9.12. The molecule has 0 bridgehead atoms. The molecule has 0 aliphatic carbocycles. The highest BCUT2D eigenvalue weighted by molar-refractivity contribution is 6.82. The quantitative estimate of drug-likeness (QED) is 0.570. The summed E-state index contributed by atoms with van der Waals surface area (Å²) in [7, 11) is 0.139. The molecule has 1 radical (unpaired) electrons. The van der Waals surface area contributed by atoms with Gasteiger partial charge in [0.2, 0.25) is 0 Å². The van der Waals surface area contributed by atoms with Crippen LogP contribution in [0.1, 0.15) is 5.69 Å². The summed E-state index contributed by atoms with van der Waals surface area (Å²) in [5, 5.41) is 17.9. The summed E-state index contributed by atoms with van der Waals surface area (Å²) in [6.45, 7) is 1.45. The standard InChI is InChI=1S/C7H6B2ClN4O2/c1-9(16)14(8-4-15)6-3-12-5(2-11)7(10)13-6/h3-4,16H,1H3. The highest BCUT2D eigenvalue weighted by Gasteiger charge is 2.19. The SMILES string of the molecule is CB(O)N([B]C=O)c1cnc(C#N)c(Cl)n1. The number of anilines is 1. The van der Waals surface area contributed by atoms with E-state index in [4.69, 9.17) is 16.9 Å². The Morgan fingerprint density at radius 3 is 2.94 bits per heavy atom. The predicted molar refractivity (Wildman–Crippen MR) is 60.6 cm³/mol. The van der Waals surface area contributed by atoms with Crippen LogP contribution in [0.5, 0.6) is 0 Å². The van der Waals surface area contributed by atoms with Gasteiger partial charge in [0, 0.05) is 0 Å². The third kappa shape index (κ3) is 2.72. The third-order valence-corrected chi connectivity index (χ3v) is 1.98. The Balaban J connectivity index is 3.07. The Labute approximate surface area is 98.3 Å². The second kappa shape index (κ2) is 5.49. The number of hydrogen-bond donors (Lipinski definition) is 1. The average molecular weight is 235 g/mol. The molecule has 0 amide bonds. The van der Waals surface area contributed by atoms with Gasteiger partial charge in [-0.2, -0.15) is 5.26 Å². The van der Waals surface area contributed by atoms with Crippen molar-refractivity contribution in [3.05, 3.63) is 17.0 Å². The monoisotopic (exact) mass is 235 g/mol. The molecule has 0 saturated heterocycles. The van der Waals surface area contributed by atoms with Gasteiger partial charge in [0.25, 0.3) is 0 Å². The summed E-state index contributed by atoms with van der Waals surface area (Å²) in [5.74, 6) is 0.186. The lowest BCUT2D eigenvalue weighted by Gasteiger charge is -2.21. The van der Waals surface area contributed by atoms with Crippen molar-refractivity contribution in [2.45, 2.75) is 6.82 Å². The average Bonchev–Trinajstić information content (AvgIpc) is 2.25. The summed E-state index contributed by atoms with van der Waals surface area (Å²) in [6, 6.07) is 1.76. The van der Waals surface area contributed by atoms with Crippen LogP contribution in [0, 0.1) is 11.3 Å². The Morgan fingerprint density at radius 2 is 2.50 bits per heavy atom. The van der Waals surface area contributed by atoms with Crippen molar-refractivity contribution < 1.29 is 9.82 Å². The number of carbonyl (C=O) groups is 1. The van der Waals surface area contributed by atoms with Crippen molar-refractivity contribution in [1.82, 2.24) is 9.97 Å². The van der Waals surface area contributed by atoms with Crippen molar-refractivity contribution in [1.29, 1.82) is 5.26 Å². The first-order valence-electron chi connectivity index (χ1n) is 4.27. The molecular weight excluding hydrogens is 229 g/mol. The summed E-state index contributed by atoms with van der Waals surface area (Å²) >= 11 is 5.67. The van der Waals surface area contributed by atoms with Crippen LogP contribution in [-0.2, 0) is 4.79 Å². The number of hydrogen-bond acceptors (Lipinski definition) is 6. The van der Waals surface area contributed by atoms with Gasteiger partial charge in [-0.1, -0.05) is 11.6 Å². The fourth-order valence-corrected chi connectivity index (χ4v) is 1.19. The van der Waals surface area contributed by atoms with Crippen molar-refractivity contribution in [3.8, 4) is 6.07 Å². The molecule has 0 unspecified atom stereocenters. The smallest absolute Gasteiger partial charge is 0.397 e. The molecule has 1 heterocycles. The van der Waals surface area contributed by atoms with Crippen LogP contribution in [0.4, 0.5) is 5.82 Å². The first kappa shape index (κ1) is 12.5. The van der Waals surface area contributed by atoms with E-state index in [-0.39, 0.29) is 16.7 Å². The Kier molecular flexibility index (Phi) is 4.28. The van der Waals surface area contributed by atoms with Gasteiger partial charge >= 0.3 is 14.5 Å². The van der Waals surface area contributed by atoms with E-state index in [1.165, 1.54) is 17.7 Å². The van der Waals surface area contributed by atoms with Gasteiger partial charge in [0.15, 0.2) is 10.8 Å². The lowest BCUT2D eigenvalue weighted by atomic mass is 9.74. The molecule has 0 fully saturated rings. The Morgan fingerprint density at radius 1 is 1.81 bits per heavy atom. The van der Waals surface area contributed by atoms with Gasteiger partial charge in [-0.05, 0) is 6.82 Å². The van der Waals surface area contributed by atoms with E-state index in [9.17, 15) is 9.82 Å². The molecular formula is C7H6B2ClN4O2. The number of carbonyl (C=O) groups excluding carboxylic acids is 1. The zero-order chi connectivity index (χ0) is 12.1.